The Labute approximate surface area is 124 Å². The summed E-state index contributed by atoms with van der Waals surface area (Å²) in [5.41, 5.74) is 0. The first-order valence-electron chi connectivity index (χ1n) is 7.52. The molecule has 0 unspecified atom stereocenters. The lowest BCUT2D eigenvalue weighted by Crippen LogP contribution is -2.14. The van der Waals surface area contributed by atoms with Gasteiger partial charge in [0.15, 0.2) is 0 Å². The van der Waals surface area contributed by atoms with Gasteiger partial charge < -0.3 is 9.47 Å². The summed E-state index contributed by atoms with van der Waals surface area (Å²) in [7, 11) is 0. The van der Waals surface area contributed by atoms with Gasteiger partial charge in [-0.3, -0.25) is 9.59 Å². The number of esters is 2. The lowest BCUT2D eigenvalue weighted by molar-refractivity contribution is -0.148. The molecule has 0 saturated heterocycles. The van der Waals surface area contributed by atoms with E-state index in [-0.39, 0.29) is 17.9 Å². The molecule has 0 aromatic heterocycles. The van der Waals surface area contributed by atoms with Crippen molar-refractivity contribution >= 4 is 11.9 Å². The average Bonchev–Trinajstić information content (AvgIpc) is 2.34. The second-order valence-electron chi connectivity index (χ2n) is 6.01. The van der Waals surface area contributed by atoms with Crippen LogP contribution in [0, 0.1) is 17.8 Å². The summed E-state index contributed by atoms with van der Waals surface area (Å²) in [4.78, 5) is 21.6. The maximum absolute atomic E-state index is 10.8. The zero-order valence-electron chi connectivity index (χ0n) is 14.2. The summed E-state index contributed by atoms with van der Waals surface area (Å²) in [5.74, 6) is 0.701. The molecule has 0 aliphatic heterocycles. The predicted molar refractivity (Wildman–Crippen MR) is 81.3 cm³/mol. The van der Waals surface area contributed by atoms with Gasteiger partial charge in [0.1, 0.15) is 0 Å². The zero-order valence-corrected chi connectivity index (χ0v) is 14.2. The fourth-order valence-electron chi connectivity index (χ4n) is 0.951. The van der Waals surface area contributed by atoms with Crippen molar-refractivity contribution in [2.45, 2.75) is 61.3 Å². The summed E-state index contributed by atoms with van der Waals surface area (Å²) in [6, 6.07) is 0. The van der Waals surface area contributed by atoms with Gasteiger partial charge in [0.2, 0.25) is 0 Å². The highest BCUT2D eigenvalue weighted by Gasteiger charge is 2.08. The Morgan fingerprint density at radius 2 is 1.30 bits per heavy atom. The highest BCUT2D eigenvalue weighted by Crippen LogP contribution is 1.99. The van der Waals surface area contributed by atoms with E-state index in [0.29, 0.717) is 31.5 Å². The van der Waals surface area contributed by atoms with E-state index in [4.69, 9.17) is 9.47 Å². The number of carbonyl (C=O) groups is 2. The molecule has 0 fully saturated rings. The molecule has 0 saturated carbocycles. The van der Waals surface area contributed by atoms with Gasteiger partial charge in [0, 0.05) is 6.42 Å². The van der Waals surface area contributed by atoms with Crippen molar-refractivity contribution < 1.29 is 19.1 Å². The van der Waals surface area contributed by atoms with Crippen molar-refractivity contribution in [3.8, 4) is 0 Å². The molecule has 0 amide bonds. The number of hydrogen-bond donors (Lipinski definition) is 0. The first-order valence-corrected chi connectivity index (χ1v) is 7.52. The summed E-state index contributed by atoms with van der Waals surface area (Å²) in [6.45, 7) is 14.8. The standard InChI is InChI=1S/2C8H16O2/c1-6(2)5-10-8(9)7(3)4;1-4-5-8(9)10-6-7(2)3/h6-7H,5H2,1-4H3;7H,4-6H2,1-3H3. The van der Waals surface area contributed by atoms with Crippen LogP contribution in [0.1, 0.15) is 61.3 Å². The van der Waals surface area contributed by atoms with Crippen LogP contribution in [0.15, 0.2) is 0 Å². The Kier molecular flexibility index (Phi) is 13.8. The smallest absolute Gasteiger partial charge is 0.308 e. The van der Waals surface area contributed by atoms with Crippen molar-refractivity contribution in [1.82, 2.24) is 0 Å². The van der Waals surface area contributed by atoms with Gasteiger partial charge in [0.05, 0.1) is 19.1 Å². The molecular weight excluding hydrogens is 256 g/mol. The van der Waals surface area contributed by atoms with E-state index in [9.17, 15) is 9.59 Å². The first kappa shape index (κ1) is 21.2. The van der Waals surface area contributed by atoms with Crippen molar-refractivity contribution in [2.75, 3.05) is 13.2 Å². The molecule has 0 aliphatic carbocycles. The van der Waals surface area contributed by atoms with Crippen LogP contribution in [0.3, 0.4) is 0 Å². The van der Waals surface area contributed by atoms with Crippen LogP contribution in [0.25, 0.3) is 0 Å². The Morgan fingerprint density at radius 3 is 1.65 bits per heavy atom. The molecule has 20 heavy (non-hydrogen) atoms. The molecule has 4 heteroatoms. The molecule has 0 heterocycles. The van der Waals surface area contributed by atoms with Crippen LogP contribution in [0.4, 0.5) is 0 Å². The summed E-state index contributed by atoms with van der Waals surface area (Å²) >= 11 is 0. The molecule has 0 aromatic rings. The van der Waals surface area contributed by atoms with Crippen LogP contribution >= 0.6 is 0 Å². The fraction of sp³-hybridized carbons (Fsp3) is 0.875. The molecule has 0 radical (unpaired) electrons. The Hall–Kier alpha value is -1.06. The van der Waals surface area contributed by atoms with Gasteiger partial charge in [-0.1, -0.05) is 48.5 Å². The third kappa shape index (κ3) is 16.9. The molecule has 0 aliphatic rings. The monoisotopic (exact) mass is 288 g/mol. The second-order valence-corrected chi connectivity index (χ2v) is 6.01. The summed E-state index contributed by atoms with van der Waals surface area (Å²) in [5, 5.41) is 0. The third-order valence-corrected chi connectivity index (χ3v) is 2.06. The Bertz CT molecular complexity index is 257. The lowest BCUT2D eigenvalue weighted by Gasteiger charge is -2.08. The zero-order chi connectivity index (χ0) is 16.1. The second kappa shape index (κ2) is 12.9. The minimum Gasteiger partial charge on any atom is -0.465 e. The van der Waals surface area contributed by atoms with Crippen LogP contribution in [0.5, 0.6) is 0 Å². The van der Waals surface area contributed by atoms with E-state index in [2.05, 4.69) is 0 Å². The molecule has 0 spiro atoms. The Morgan fingerprint density at radius 1 is 0.850 bits per heavy atom. The highest BCUT2D eigenvalue weighted by atomic mass is 16.5. The molecule has 0 rings (SSSR count). The molecule has 4 nitrogen and oxygen atoms in total. The van der Waals surface area contributed by atoms with E-state index in [1.165, 1.54) is 0 Å². The predicted octanol–water partition coefficient (Wildman–Crippen LogP) is 3.83. The highest BCUT2D eigenvalue weighted by molar-refractivity contribution is 5.71. The van der Waals surface area contributed by atoms with Crippen LogP contribution < -0.4 is 0 Å². The normalized spacial score (nSPS) is 10.3. The molecule has 120 valence electrons. The lowest BCUT2D eigenvalue weighted by atomic mass is 10.2. The summed E-state index contributed by atoms with van der Waals surface area (Å²) < 4.78 is 9.83. The van der Waals surface area contributed by atoms with Crippen molar-refractivity contribution in [1.29, 1.82) is 0 Å². The van der Waals surface area contributed by atoms with Gasteiger partial charge in [-0.25, -0.2) is 0 Å². The van der Waals surface area contributed by atoms with Crippen LogP contribution in [-0.2, 0) is 19.1 Å². The van der Waals surface area contributed by atoms with Gasteiger partial charge in [-0.15, -0.1) is 0 Å². The maximum atomic E-state index is 10.8. The van der Waals surface area contributed by atoms with E-state index in [1.807, 2.05) is 48.5 Å². The minimum atomic E-state index is -0.103. The first-order chi connectivity index (χ1) is 9.20. The van der Waals surface area contributed by atoms with Gasteiger partial charge in [-0.2, -0.15) is 0 Å². The van der Waals surface area contributed by atoms with Crippen molar-refractivity contribution in [3.63, 3.8) is 0 Å². The summed E-state index contributed by atoms with van der Waals surface area (Å²) in [6.07, 6.45) is 1.42. The van der Waals surface area contributed by atoms with Gasteiger partial charge in [0.25, 0.3) is 0 Å². The average molecular weight is 288 g/mol. The third-order valence-electron chi connectivity index (χ3n) is 2.06. The van der Waals surface area contributed by atoms with E-state index in [0.717, 1.165) is 6.42 Å². The number of hydrogen-bond acceptors (Lipinski definition) is 4. The topological polar surface area (TPSA) is 52.6 Å². The van der Waals surface area contributed by atoms with Crippen molar-refractivity contribution in [2.24, 2.45) is 17.8 Å². The van der Waals surface area contributed by atoms with E-state index in [1.54, 1.807) is 0 Å². The van der Waals surface area contributed by atoms with Crippen LogP contribution in [0.2, 0.25) is 0 Å². The molecule has 0 aromatic carbocycles. The van der Waals surface area contributed by atoms with Crippen molar-refractivity contribution in [3.05, 3.63) is 0 Å². The van der Waals surface area contributed by atoms with E-state index >= 15 is 0 Å². The SMILES string of the molecule is CC(C)COC(=O)C(C)C.CCCC(=O)OCC(C)C. The van der Waals surface area contributed by atoms with Gasteiger partial charge >= 0.3 is 11.9 Å². The maximum Gasteiger partial charge on any atom is 0.308 e. The number of rotatable bonds is 7. The Balaban J connectivity index is 0. The number of carbonyl (C=O) groups excluding carboxylic acids is 2. The van der Waals surface area contributed by atoms with Crippen LogP contribution in [-0.4, -0.2) is 25.2 Å². The van der Waals surface area contributed by atoms with Gasteiger partial charge in [-0.05, 0) is 18.3 Å². The molecule has 0 N–H and O–H groups in total. The molecular formula is C16H32O4. The molecule has 0 atom stereocenters. The van der Waals surface area contributed by atoms with E-state index < -0.39 is 0 Å². The number of ether oxygens (including phenoxy) is 2. The largest absolute Gasteiger partial charge is 0.465 e. The quantitative estimate of drug-likeness (QED) is 0.668. The molecule has 0 bridgehead atoms. The fourth-order valence-corrected chi connectivity index (χ4v) is 0.951. The minimum absolute atomic E-state index is 0.00116.